The first-order valence-electron chi connectivity index (χ1n) is 9.11. The van der Waals surface area contributed by atoms with E-state index in [2.05, 4.69) is 15.6 Å². The number of aromatic nitrogens is 1. The highest BCUT2D eigenvalue weighted by Crippen LogP contribution is 2.14. The third-order valence-corrected chi connectivity index (χ3v) is 4.32. The van der Waals surface area contributed by atoms with Crippen LogP contribution in [0.1, 0.15) is 5.56 Å². The Hall–Kier alpha value is -3.71. The van der Waals surface area contributed by atoms with Crippen LogP contribution in [0, 0.1) is 0 Å². The smallest absolute Gasteiger partial charge is 0.313 e. The fourth-order valence-electron chi connectivity index (χ4n) is 2.67. The minimum Gasteiger partial charge on any atom is -0.325 e. The molecule has 0 saturated carbocycles. The van der Waals surface area contributed by atoms with Crippen LogP contribution < -0.4 is 10.6 Å². The second kappa shape index (κ2) is 10.2. The number of pyridine rings is 1. The Morgan fingerprint density at radius 2 is 1.57 bits per heavy atom. The number of carbonyl (C=O) groups excluding carboxylic acids is 3. The van der Waals surface area contributed by atoms with Gasteiger partial charge in [-0.3, -0.25) is 19.4 Å². The number of amides is 3. The third-order valence-electron chi connectivity index (χ3n) is 4.07. The quantitative estimate of drug-likeness (QED) is 0.596. The van der Waals surface area contributed by atoms with E-state index in [0.717, 1.165) is 0 Å². The summed E-state index contributed by atoms with van der Waals surface area (Å²) in [5.41, 5.74) is 1.72. The van der Waals surface area contributed by atoms with E-state index < -0.39 is 17.7 Å². The van der Waals surface area contributed by atoms with Gasteiger partial charge in [0.1, 0.15) is 6.54 Å². The molecule has 3 rings (SSSR count). The number of rotatable bonds is 6. The van der Waals surface area contributed by atoms with Gasteiger partial charge in [0.05, 0.1) is 0 Å². The average Bonchev–Trinajstić information content (AvgIpc) is 2.76. The molecular formula is C22H19ClN4O3. The molecule has 2 aromatic carbocycles. The number of benzene rings is 2. The van der Waals surface area contributed by atoms with Crippen molar-refractivity contribution >= 4 is 40.7 Å². The zero-order valence-electron chi connectivity index (χ0n) is 15.9. The van der Waals surface area contributed by atoms with E-state index in [1.165, 1.54) is 4.90 Å². The van der Waals surface area contributed by atoms with E-state index in [0.29, 0.717) is 22.0 Å². The average molecular weight is 423 g/mol. The Labute approximate surface area is 178 Å². The highest BCUT2D eigenvalue weighted by molar-refractivity contribution is 6.39. The number of halogens is 1. The summed E-state index contributed by atoms with van der Waals surface area (Å²) in [4.78, 5) is 42.9. The summed E-state index contributed by atoms with van der Waals surface area (Å²) >= 11 is 5.85. The summed E-state index contributed by atoms with van der Waals surface area (Å²) in [6.45, 7) is -0.249. The summed E-state index contributed by atoms with van der Waals surface area (Å²) in [6, 6.07) is 18.7. The van der Waals surface area contributed by atoms with Crippen LogP contribution in [-0.4, -0.2) is 34.2 Å². The van der Waals surface area contributed by atoms with Gasteiger partial charge >= 0.3 is 11.8 Å². The molecule has 0 aliphatic heterocycles. The standard InChI is InChI=1S/C22H19ClN4O3/c23-17-8-10-19(11-9-17)25-20(28)15-27(14-16-5-4-12-24-13-16)22(30)21(29)26-18-6-2-1-3-7-18/h1-13H,14-15H2,(H,25,28)(H,26,29). The second-order valence-corrected chi connectivity index (χ2v) is 6.83. The normalized spacial score (nSPS) is 10.2. The molecule has 3 aromatic rings. The van der Waals surface area contributed by atoms with E-state index in [4.69, 9.17) is 11.6 Å². The van der Waals surface area contributed by atoms with Gasteiger partial charge in [0.2, 0.25) is 5.91 Å². The highest BCUT2D eigenvalue weighted by atomic mass is 35.5. The molecule has 30 heavy (non-hydrogen) atoms. The van der Waals surface area contributed by atoms with E-state index in [1.54, 1.807) is 79.1 Å². The maximum atomic E-state index is 12.8. The van der Waals surface area contributed by atoms with Gasteiger partial charge in [0.25, 0.3) is 0 Å². The van der Waals surface area contributed by atoms with E-state index in [-0.39, 0.29) is 13.1 Å². The lowest BCUT2D eigenvalue weighted by Gasteiger charge is -2.21. The van der Waals surface area contributed by atoms with Crippen molar-refractivity contribution in [1.29, 1.82) is 0 Å². The van der Waals surface area contributed by atoms with Crippen LogP contribution in [0.15, 0.2) is 79.1 Å². The van der Waals surface area contributed by atoms with Gasteiger partial charge < -0.3 is 15.5 Å². The number of hydrogen-bond acceptors (Lipinski definition) is 4. The molecule has 0 spiro atoms. The van der Waals surface area contributed by atoms with Crippen molar-refractivity contribution in [2.24, 2.45) is 0 Å². The lowest BCUT2D eigenvalue weighted by atomic mass is 10.2. The lowest BCUT2D eigenvalue weighted by Crippen LogP contribution is -2.43. The van der Waals surface area contributed by atoms with Gasteiger partial charge in [0.15, 0.2) is 0 Å². The molecule has 7 nitrogen and oxygen atoms in total. The van der Waals surface area contributed by atoms with Crippen LogP contribution in [0.3, 0.4) is 0 Å². The molecule has 0 aliphatic carbocycles. The van der Waals surface area contributed by atoms with Gasteiger partial charge in [-0.25, -0.2) is 0 Å². The Bertz CT molecular complexity index is 1010. The maximum absolute atomic E-state index is 12.8. The number of hydrogen-bond donors (Lipinski definition) is 2. The van der Waals surface area contributed by atoms with Gasteiger partial charge in [-0.15, -0.1) is 0 Å². The molecule has 0 bridgehead atoms. The molecule has 3 amide bonds. The molecule has 0 radical (unpaired) electrons. The predicted molar refractivity (Wildman–Crippen MR) is 115 cm³/mol. The van der Waals surface area contributed by atoms with Crippen LogP contribution in [0.25, 0.3) is 0 Å². The molecule has 0 fully saturated rings. The van der Waals surface area contributed by atoms with Crippen molar-refractivity contribution in [2.75, 3.05) is 17.2 Å². The van der Waals surface area contributed by atoms with Crippen LogP contribution >= 0.6 is 11.6 Å². The molecule has 0 unspecified atom stereocenters. The van der Waals surface area contributed by atoms with Gasteiger partial charge in [-0.2, -0.15) is 0 Å². The number of nitrogens with one attached hydrogen (secondary N) is 2. The first-order chi connectivity index (χ1) is 14.5. The number of nitrogens with zero attached hydrogens (tertiary/aromatic N) is 2. The topological polar surface area (TPSA) is 91.4 Å². The van der Waals surface area contributed by atoms with E-state index >= 15 is 0 Å². The molecule has 1 aromatic heterocycles. The fourth-order valence-corrected chi connectivity index (χ4v) is 2.79. The summed E-state index contributed by atoms with van der Waals surface area (Å²) < 4.78 is 0. The van der Waals surface area contributed by atoms with Crippen LogP contribution in [0.5, 0.6) is 0 Å². The maximum Gasteiger partial charge on any atom is 0.313 e. The first kappa shape index (κ1) is 21.0. The van der Waals surface area contributed by atoms with Crippen molar-refractivity contribution in [1.82, 2.24) is 9.88 Å². The predicted octanol–water partition coefficient (Wildman–Crippen LogP) is 3.34. The van der Waals surface area contributed by atoms with Gasteiger partial charge in [-0.05, 0) is 48.0 Å². The monoisotopic (exact) mass is 422 g/mol. The van der Waals surface area contributed by atoms with E-state index in [1.807, 2.05) is 0 Å². The Kier molecular flexibility index (Phi) is 7.13. The molecule has 152 valence electrons. The number of para-hydroxylation sites is 1. The molecule has 0 saturated heterocycles. The molecule has 8 heteroatoms. The van der Waals surface area contributed by atoms with Crippen molar-refractivity contribution < 1.29 is 14.4 Å². The summed E-state index contributed by atoms with van der Waals surface area (Å²) in [7, 11) is 0. The van der Waals surface area contributed by atoms with E-state index in [9.17, 15) is 14.4 Å². The Morgan fingerprint density at radius 1 is 0.867 bits per heavy atom. The van der Waals surface area contributed by atoms with Crippen molar-refractivity contribution in [3.8, 4) is 0 Å². The first-order valence-corrected chi connectivity index (χ1v) is 9.48. The molecule has 0 atom stereocenters. The minimum absolute atomic E-state index is 0.0585. The van der Waals surface area contributed by atoms with Gasteiger partial charge in [-0.1, -0.05) is 35.9 Å². The minimum atomic E-state index is -0.829. The number of anilines is 2. The highest BCUT2D eigenvalue weighted by Gasteiger charge is 2.24. The zero-order valence-corrected chi connectivity index (χ0v) is 16.7. The molecule has 1 heterocycles. The molecule has 0 aliphatic rings. The summed E-state index contributed by atoms with van der Waals surface area (Å²) in [6.07, 6.45) is 3.18. The summed E-state index contributed by atoms with van der Waals surface area (Å²) in [5.74, 6) is -2.10. The third kappa shape index (κ3) is 6.15. The lowest BCUT2D eigenvalue weighted by molar-refractivity contribution is -0.144. The largest absolute Gasteiger partial charge is 0.325 e. The molecular weight excluding hydrogens is 404 g/mol. The van der Waals surface area contributed by atoms with Crippen LogP contribution in [-0.2, 0) is 20.9 Å². The Balaban J connectivity index is 1.71. The summed E-state index contributed by atoms with van der Waals surface area (Å²) in [5, 5.41) is 5.78. The van der Waals surface area contributed by atoms with Crippen molar-refractivity contribution in [2.45, 2.75) is 6.54 Å². The van der Waals surface area contributed by atoms with Crippen molar-refractivity contribution in [3.05, 3.63) is 89.7 Å². The Morgan fingerprint density at radius 3 is 2.23 bits per heavy atom. The second-order valence-electron chi connectivity index (χ2n) is 6.40. The molecule has 2 N–H and O–H groups in total. The number of carbonyl (C=O) groups is 3. The fraction of sp³-hybridized carbons (Fsp3) is 0.0909. The van der Waals surface area contributed by atoms with Gasteiger partial charge in [0, 0.05) is 35.3 Å². The van der Waals surface area contributed by atoms with Crippen LogP contribution in [0.2, 0.25) is 5.02 Å². The SMILES string of the molecule is O=C(CN(Cc1cccnc1)C(=O)C(=O)Nc1ccccc1)Nc1ccc(Cl)cc1. The zero-order chi connectivity index (χ0) is 21.3. The van der Waals surface area contributed by atoms with Crippen LogP contribution in [0.4, 0.5) is 11.4 Å². The van der Waals surface area contributed by atoms with Crippen molar-refractivity contribution in [3.63, 3.8) is 0 Å².